The lowest BCUT2D eigenvalue weighted by atomic mass is 10.1. The molecule has 3 rings (SSSR count). The summed E-state index contributed by atoms with van der Waals surface area (Å²) in [5, 5.41) is 15.2. The Morgan fingerprint density at radius 3 is 2.79 bits per heavy atom. The van der Waals surface area contributed by atoms with Crippen molar-refractivity contribution in [1.29, 1.82) is 0 Å². The van der Waals surface area contributed by atoms with Gasteiger partial charge in [-0.15, -0.1) is 0 Å². The van der Waals surface area contributed by atoms with Crippen molar-refractivity contribution in [3.63, 3.8) is 0 Å². The highest BCUT2D eigenvalue weighted by Crippen LogP contribution is 2.34. The summed E-state index contributed by atoms with van der Waals surface area (Å²) in [5.41, 5.74) is 3.35. The molecule has 0 unspecified atom stereocenters. The molecule has 0 bridgehead atoms. The molecule has 0 aliphatic rings. The molecule has 0 fully saturated rings. The molecule has 1 aromatic heterocycles. The first-order valence-electron chi connectivity index (χ1n) is 9.65. The number of methoxy groups -OCH3 is 1. The van der Waals surface area contributed by atoms with E-state index in [4.69, 9.17) is 9.47 Å². The number of hydrogen-bond donors (Lipinski definition) is 1. The molecular formula is C21H26BrN5O2. The number of aryl methyl sites for hydroxylation is 2. The lowest BCUT2D eigenvalue weighted by Crippen LogP contribution is -2.09. The van der Waals surface area contributed by atoms with Crippen molar-refractivity contribution in [1.82, 2.24) is 20.2 Å². The molecule has 1 N–H and O–H groups in total. The van der Waals surface area contributed by atoms with Gasteiger partial charge in [0, 0.05) is 17.6 Å². The van der Waals surface area contributed by atoms with E-state index in [0.29, 0.717) is 30.6 Å². The van der Waals surface area contributed by atoms with Crippen LogP contribution in [0.25, 0.3) is 0 Å². The van der Waals surface area contributed by atoms with Gasteiger partial charge in [-0.05, 0) is 47.0 Å². The number of tetrazole rings is 1. The van der Waals surface area contributed by atoms with Crippen LogP contribution in [-0.4, -0.2) is 27.3 Å². The van der Waals surface area contributed by atoms with Gasteiger partial charge in [-0.25, -0.2) is 4.68 Å². The standard InChI is InChI=1S/C21H26BrN5O2/c1-4-5-9-27-21(24-25-26-27)23-13-17-11-19(28-3)20(12-18(17)22)29-14-16-8-6-7-15(2)10-16/h6-8,10-12H,4-5,9,13-14H2,1-3H3,(H,23,24,26). The molecule has 154 valence electrons. The van der Waals surface area contributed by atoms with Crippen molar-refractivity contribution < 1.29 is 9.47 Å². The summed E-state index contributed by atoms with van der Waals surface area (Å²) in [7, 11) is 1.64. The van der Waals surface area contributed by atoms with E-state index in [0.717, 1.165) is 35.0 Å². The molecule has 8 heteroatoms. The number of hydrogen-bond acceptors (Lipinski definition) is 6. The van der Waals surface area contributed by atoms with E-state index in [9.17, 15) is 0 Å². The molecule has 0 radical (unpaired) electrons. The zero-order chi connectivity index (χ0) is 20.6. The maximum Gasteiger partial charge on any atom is 0.243 e. The summed E-state index contributed by atoms with van der Waals surface area (Å²) in [6.07, 6.45) is 2.12. The van der Waals surface area contributed by atoms with E-state index in [-0.39, 0.29) is 0 Å². The second-order valence-corrected chi connectivity index (χ2v) is 7.66. The van der Waals surface area contributed by atoms with Gasteiger partial charge in [0.05, 0.1) is 7.11 Å². The Morgan fingerprint density at radius 1 is 1.17 bits per heavy atom. The lowest BCUT2D eigenvalue weighted by molar-refractivity contribution is 0.284. The summed E-state index contributed by atoms with van der Waals surface area (Å²) in [6, 6.07) is 12.2. The van der Waals surface area contributed by atoms with E-state index in [1.807, 2.05) is 18.2 Å². The zero-order valence-corrected chi connectivity index (χ0v) is 18.6. The molecule has 0 atom stereocenters. The Bertz CT molecular complexity index is 945. The molecule has 0 aliphatic carbocycles. The second kappa shape index (κ2) is 10.2. The summed E-state index contributed by atoms with van der Waals surface area (Å²) < 4.78 is 14.3. The van der Waals surface area contributed by atoms with Gasteiger partial charge in [0.1, 0.15) is 6.61 Å². The van der Waals surface area contributed by atoms with Gasteiger partial charge >= 0.3 is 0 Å². The summed E-state index contributed by atoms with van der Waals surface area (Å²) in [5.74, 6) is 2.03. The highest BCUT2D eigenvalue weighted by Gasteiger charge is 2.12. The third-order valence-electron chi connectivity index (χ3n) is 4.50. The average molecular weight is 460 g/mol. The SMILES string of the molecule is CCCCn1nnnc1NCc1cc(OC)c(OCc2cccc(C)c2)cc1Br. The van der Waals surface area contributed by atoms with E-state index in [1.54, 1.807) is 11.8 Å². The van der Waals surface area contributed by atoms with Crippen molar-refractivity contribution >= 4 is 21.9 Å². The maximum absolute atomic E-state index is 6.01. The molecule has 29 heavy (non-hydrogen) atoms. The molecule has 2 aromatic carbocycles. The fourth-order valence-electron chi connectivity index (χ4n) is 2.91. The quantitative estimate of drug-likeness (QED) is 0.471. The molecule has 3 aromatic rings. The molecule has 0 aliphatic heterocycles. The fraction of sp³-hybridized carbons (Fsp3) is 0.381. The number of rotatable bonds is 10. The molecule has 0 saturated carbocycles. The van der Waals surface area contributed by atoms with Gasteiger partial charge in [0.25, 0.3) is 0 Å². The van der Waals surface area contributed by atoms with Gasteiger partial charge in [0.15, 0.2) is 11.5 Å². The number of anilines is 1. The first kappa shape index (κ1) is 21.1. The number of halogens is 1. The van der Waals surface area contributed by atoms with Crippen LogP contribution in [0.15, 0.2) is 40.9 Å². The maximum atomic E-state index is 6.01. The van der Waals surface area contributed by atoms with E-state index < -0.39 is 0 Å². The Morgan fingerprint density at radius 2 is 2.03 bits per heavy atom. The van der Waals surface area contributed by atoms with Crippen LogP contribution in [0, 0.1) is 6.92 Å². The van der Waals surface area contributed by atoms with Crippen LogP contribution in [0.5, 0.6) is 11.5 Å². The first-order valence-corrected chi connectivity index (χ1v) is 10.4. The van der Waals surface area contributed by atoms with Crippen molar-refractivity contribution in [2.45, 2.75) is 46.4 Å². The average Bonchev–Trinajstić information content (AvgIpc) is 3.17. The Balaban J connectivity index is 1.68. The van der Waals surface area contributed by atoms with Gasteiger partial charge < -0.3 is 14.8 Å². The predicted molar refractivity (Wildman–Crippen MR) is 116 cm³/mol. The molecule has 0 saturated heterocycles. The Hall–Kier alpha value is -2.61. The van der Waals surface area contributed by atoms with E-state index >= 15 is 0 Å². The van der Waals surface area contributed by atoms with Gasteiger partial charge in [-0.3, -0.25) is 0 Å². The van der Waals surface area contributed by atoms with Crippen LogP contribution in [0.4, 0.5) is 5.95 Å². The van der Waals surface area contributed by atoms with Gasteiger partial charge in [-0.1, -0.05) is 64.2 Å². The van der Waals surface area contributed by atoms with Crippen molar-refractivity contribution in [3.8, 4) is 11.5 Å². The smallest absolute Gasteiger partial charge is 0.243 e. The highest BCUT2D eigenvalue weighted by atomic mass is 79.9. The molecule has 0 amide bonds. The Kier molecular flexibility index (Phi) is 7.46. The molecular weight excluding hydrogens is 434 g/mol. The number of aromatic nitrogens is 4. The first-order chi connectivity index (χ1) is 14.1. The van der Waals surface area contributed by atoms with Crippen LogP contribution in [0.1, 0.15) is 36.5 Å². The number of unbranched alkanes of at least 4 members (excludes halogenated alkanes) is 1. The zero-order valence-electron chi connectivity index (χ0n) is 17.0. The van der Waals surface area contributed by atoms with Gasteiger partial charge in [-0.2, -0.15) is 0 Å². The van der Waals surface area contributed by atoms with E-state index in [2.05, 4.69) is 68.8 Å². The van der Waals surface area contributed by atoms with Crippen LogP contribution in [-0.2, 0) is 19.7 Å². The Labute approximate surface area is 179 Å². The van der Waals surface area contributed by atoms with Crippen LogP contribution in [0.2, 0.25) is 0 Å². The minimum atomic E-state index is 0.480. The fourth-order valence-corrected chi connectivity index (χ4v) is 3.37. The van der Waals surface area contributed by atoms with E-state index in [1.165, 1.54) is 5.56 Å². The number of nitrogens with zero attached hydrogens (tertiary/aromatic N) is 4. The predicted octanol–water partition coefficient (Wildman–Crippen LogP) is 4.74. The van der Waals surface area contributed by atoms with Gasteiger partial charge in [0.2, 0.25) is 5.95 Å². The topological polar surface area (TPSA) is 74.1 Å². The van der Waals surface area contributed by atoms with Crippen LogP contribution >= 0.6 is 15.9 Å². The largest absolute Gasteiger partial charge is 0.493 e. The highest BCUT2D eigenvalue weighted by molar-refractivity contribution is 9.10. The summed E-state index contributed by atoms with van der Waals surface area (Å²) >= 11 is 3.64. The third-order valence-corrected chi connectivity index (χ3v) is 5.24. The monoisotopic (exact) mass is 459 g/mol. The van der Waals surface area contributed by atoms with Crippen molar-refractivity contribution in [3.05, 3.63) is 57.6 Å². The summed E-state index contributed by atoms with van der Waals surface area (Å²) in [6.45, 7) is 6.04. The lowest BCUT2D eigenvalue weighted by Gasteiger charge is -2.15. The van der Waals surface area contributed by atoms with Crippen LogP contribution < -0.4 is 14.8 Å². The number of ether oxygens (including phenoxy) is 2. The van der Waals surface area contributed by atoms with Crippen molar-refractivity contribution in [2.24, 2.45) is 0 Å². The minimum Gasteiger partial charge on any atom is -0.493 e. The molecule has 1 heterocycles. The molecule has 0 spiro atoms. The molecule has 7 nitrogen and oxygen atoms in total. The second-order valence-electron chi connectivity index (χ2n) is 6.80. The van der Waals surface area contributed by atoms with Crippen molar-refractivity contribution in [2.75, 3.05) is 12.4 Å². The third kappa shape index (κ3) is 5.69. The van der Waals surface area contributed by atoms with Crippen LogP contribution in [0.3, 0.4) is 0 Å². The number of nitrogens with one attached hydrogen (secondary N) is 1. The minimum absolute atomic E-state index is 0.480. The number of benzene rings is 2. The normalized spacial score (nSPS) is 10.8. The summed E-state index contributed by atoms with van der Waals surface area (Å²) in [4.78, 5) is 0.